The standard InChI is InChI=1S/C13H23NO/c1-9-4-2-7-11(8-9)13(15)12(14)10-5-3-6-10/h9-12H,2-8,14H2,1H3. The largest absolute Gasteiger partial charge is 0.321 e. The summed E-state index contributed by atoms with van der Waals surface area (Å²) in [6, 6.07) is -0.144. The molecule has 2 heteroatoms. The van der Waals surface area contributed by atoms with Crippen LogP contribution < -0.4 is 5.73 Å². The highest BCUT2D eigenvalue weighted by Gasteiger charge is 2.34. The molecule has 0 aliphatic heterocycles. The Morgan fingerprint density at radius 2 is 1.87 bits per heavy atom. The average molecular weight is 209 g/mol. The summed E-state index contributed by atoms with van der Waals surface area (Å²) in [5.41, 5.74) is 6.05. The van der Waals surface area contributed by atoms with Gasteiger partial charge in [0.05, 0.1) is 6.04 Å². The smallest absolute Gasteiger partial charge is 0.152 e. The molecule has 3 atom stereocenters. The molecule has 86 valence electrons. The number of carbonyl (C=O) groups excluding carboxylic acids is 1. The van der Waals surface area contributed by atoms with Gasteiger partial charge in [-0.15, -0.1) is 0 Å². The molecular weight excluding hydrogens is 186 g/mol. The molecule has 0 amide bonds. The summed E-state index contributed by atoms with van der Waals surface area (Å²) in [5, 5.41) is 0. The van der Waals surface area contributed by atoms with Crippen LogP contribution in [0, 0.1) is 17.8 Å². The minimum Gasteiger partial charge on any atom is -0.321 e. The van der Waals surface area contributed by atoms with E-state index in [4.69, 9.17) is 5.73 Å². The van der Waals surface area contributed by atoms with E-state index in [9.17, 15) is 4.79 Å². The van der Waals surface area contributed by atoms with Gasteiger partial charge >= 0.3 is 0 Å². The van der Waals surface area contributed by atoms with Crippen LogP contribution in [-0.4, -0.2) is 11.8 Å². The minimum atomic E-state index is -0.144. The van der Waals surface area contributed by atoms with E-state index in [1.54, 1.807) is 0 Å². The molecule has 2 nitrogen and oxygen atoms in total. The fourth-order valence-electron chi connectivity index (χ4n) is 3.00. The maximum Gasteiger partial charge on any atom is 0.152 e. The fraction of sp³-hybridized carbons (Fsp3) is 0.923. The maximum atomic E-state index is 12.2. The third-order valence-corrected chi connectivity index (χ3v) is 4.32. The van der Waals surface area contributed by atoms with E-state index in [-0.39, 0.29) is 12.0 Å². The van der Waals surface area contributed by atoms with E-state index < -0.39 is 0 Å². The SMILES string of the molecule is CC1CCCC(C(=O)C(N)C2CCC2)C1. The Bertz CT molecular complexity index is 235. The minimum absolute atomic E-state index is 0.144. The molecule has 0 spiro atoms. The van der Waals surface area contributed by atoms with Crippen molar-refractivity contribution < 1.29 is 4.79 Å². The molecule has 15 heavy (non-hydrogen) atoms. The summed E-state index contributed by atoms with van der Waals surface area (Å²) in [6.45, 7) is 2.26. The Morgan fingerprint density at radius 3 is 2.40 bits per heavy atom. The van der Waals surface area contributed by atoms with Crippen molar-refractivity contribution in [3.8, 4) is 0 Å². The van der Waals surface area contributed by atoms with Gasteiger partial charge in [-0.25, -0.2) is 0 Å². The quantitative estimate of drug-likeness (QED) is 0.776. The normalized spacial score (nSPS) is 34.5. The van der Waals surface area contributed by atoms with E-state index in [2.05, 4.69) is 6.92 Å². The van der Waals surface area contributed by atoms with Crippen LogP contribution in [0.2, 0.25) is 0 Å². The summed E-state index contributed by atoms with van der Waals surface area (Å²) >= 11 is 0. The van der Waals surface area contributed by atoms with Gasteiger partial charge in [-0.2, -0.15) is 0 Å². The van der Waals surface area contributed by atoms with Gasteiger partial charge < -0.3 is 5.73 Å². The lowest BCUT2D eigenvalue weighted by molar-refractivity contribution is -0.127. The predicted octanol–water partition coefficient (Wildman–Crippen LogP) is 2.51. The van der Waals surface area contributed by atoms with Crippen LogP contribution in [0.3, 0.4) is 0 Å². The molecule has 2 N–H and O–H groups in total. The second kappa shape index (κ2) is 4.65. The van der Waals surface area contributed by atoms with Gasteiger partial charge in [-0.1, -0.05) is 26.2 Å². The van der Waals surface area contributed by atoms with Crippen LogP contribution in [0.4, 0.5) is 0 Å². The van der Waals surface area contributed by atoms with Crippen LogP contribution in [0.5, 0.6) is 0 Å². The van der Waals surface area contributed by atoms with Gasteiger partial charge in [0.2, 0.25) is 0 Å². The number of Topliss-reactive ketones (excluding diaryl/α,β-unsaturated/α-hetero) is 1. The number of rotatable bonds is 3. The van der Waals surface area contributed by atoms with Crippen LogP contribution >= 0.6 is 0 Å². The van der Waals surface area contributed by atoms with Crippen molar-refractivity contribution in [3.63, 3.8) is 0 Å². The van der Waals surface area contributed by atoms with Gasteiger partial charge in [0.1, 0.15) is 0 Å². The second-order valence-electron chi connectivity index (χ2n) is 5.59. The Hall–Kier alpha value is -0.370. The Kier molecular flexibility index (Phi) is 3.45. The molecular formula is C13H23NO. The Balaban J connectivity index is 1.88. The lowest BCUT2D eigenvalue weighted by Gasteiger charge is -2.34. The molecule has 2 rings (SSSR count). The zero-order chi connectivity index (χ0) is 10.8. The Morgan fingerprint density at radius 1 is 1.20 bits per heavy atom. The van der Waals surface area contributed by atoms with Crippen LogP contribution in [0.25, 0.3) is 0 Å². The topological polar surface area (TPSA) is 43.1 Å². The van der Waals surface area contributed by atoms with Gasteiger partial charge in [0, 0.05) is 5.92 Å². The van der Waals surface area contributed by atoms with E-state index in [1.807, 2.05) is 0 Å². The van der Waals surface area contributed by atoms with Crippen molar-refractivity contribution in [2.45, 2.75) is 57.9 Å². The first kappa shape index (κ1) is 11.1. The molecule has 2 aliphatic rings. The van der Waals surface area contributed by atoms with Gasteiger partial charge in [0.15, 0.2) is 5.78 Å². The maximum absolute atomic E-state index is 12.2. The number of ketones is 1. The highest BCUT2D eigenvalue weighted by atomic mass is 16.1. The van der Waals surface area contributed by atoms with Crippen molar-refractivity contribution in [2.24, 2.45) is 23.5 Å². The Labute approximate surface area is 92.6 Å². The highest BCUT2D eigenvalue weighted by Crippen LogP contribution is 2.34. The molecule has 0 aromatic heterocycles. The zero-order valence-electron chi connectivity index (χ0n) is 9.74. The average Bonchev–Trinajstić information content (AvgIpc) is 2.14. The monoisotopic (exact) mass is 209 g/mol. The van der Waals surface area contributed by atoms with Crippen molar-refractivity contribution in [2.75, 3.05) is 0 Å². The molecule has 0 bridgehead atoms. The number of hydrogen-bond donors (Lipinski definition) is 1. The van der Waals surface area contributed by atoms with E-state index in [1.165, 1.54) is 32.1 Å². The molecule has 0 saturated heterocycles. The molecule has 2 aliphatic carbocycles. The van der Waals surface area contributed by atoms with Crippen molar-refractivity contribution in [1.82, 2.24) is 0 Å². The number of hydrogen-bond acceptors (Lipinski definition) is 2. The van der Waals surface area contributed by atoms with Crippen molar-refractivity contribution in [3.05, 3.63) is 0 Å². The molecule has 0 heterocycles. The van der Waals surface area contributed by atoms with E-state index in [0.717, 1.165) is 18.8 Å². The van der Waals surface area contributed by atoms with E-state index in [0.29, 0.717) is 11.7 Å². The van der Waals surface area contributed by atoms with E-state index >= 15 is 0 Å². The van der Waals surface area contributed by atoms with Crippen LogP contribution in [0.15, 0.2) is 0 Å². The van der Waals surface area contributed by atoms with Crippen LogP contribution in [0.1, 0.15) is 51.9 Å². The summed E-state index contributed by atoms with van der Waals surface area (Å²) < 4.78 is 0. The van der Waals surface area contributed by atoms with Crippen molar-refractivity contribution >= 4 is 5.78 Å². The summed E-state index contributed by atoms with van der Waals surface area (Å²) in [4.78, 5) is 12.2. The second-order valence-corrected chi connectivity index (χ2v) is 5.59. The summed E-state index contributed by atoms with van der Waals surface area (Å²) in [6.07, 6.45) is 8.30. The van der Waals surface area contributed by atoms with Crippen LogP contribution in [-0.2, 0) is 4.79 Å². The summed E-state index contributed by atoms with van der Waals surface area (Å²) in [7, 11) is 0. The van der Waals surface area contributed by atoms with Gasteiger partial charge in [-0.3, -0.25) is 4.79 Å². The first-order valence-corrected chi connectivity index (χ1v) is 6.47. The first-order chi connectivity index (χ1) is 7.18. The number of carbonyl (C=O) groups is 1. The molecule has 0 aromatic rings. The lowest BCUT2D eigenvalue weighted by Crippen LogP contribution is -2.45. The molecule has 2 fully saturated rings. The molecule has 0 radical (unpaired) electrons. The van der Waals surface area contributed by atoms with Crippen molar-refractivity contribution in [1.29, 1.82) is 0 Å². The van der Waals surface area contributed by atoms with Gasteiger partial charge in [0.25, 0.3) is 0 Å². The predicted molar refractivity (Wildman–Crippen MR) is 61.4 cm³/mol. The highest BCUT2D eigenvalue weighted by molar-refractivity contribution is 5.86. The third-order valence-electron chi connectivity index (χ3n) is 4.32. The molecule has 0 aromatic carbocycles. The number of nitrogens with two attached hydrogens (primary N) is 1. The zero-order valence-corrected chi connectivity index (χ0v) is 9.74. The lowest BCUT2D eigenvalue weighted by atomic mass is 9.72. The summed E-state index contributed by atoms with van der Waals surface area (Å²) in [5.74, 6) is 1.88. The first-order valence-electron chi connectivity index (χ1n) is 6.47. The van der Waals surface area contributed by atoms with Gasteiger partial charge in [-0.05, 0) is 37.5 Å². The third kappa shape index (κ3) is 2.41. The molecule has 2 saturated carbocycles. The fourth-order valence-corrected chi connectivity index (χ4v) is 3.00. The molecule has 3 unspecified atom stereocenters.